The number of carbonyl (C=O) groups is 2. The number of piperazine rings is 1. The smallest absolute Gasteiger partial charge is 0.264 e. The van der Waals surface area contributed by atoms with Crippen molar-refractivity contribution in [2.24, 2.45) is 0 Å². The van der Waals surface area contributed by atoms with Gasteiger partial charge in [-0.25, -0.2) is 13.1 Å². The molecule has 4 aromatic rings. The van der Waals surface area contributed by atoms with Gasteiger partial charge in [-0.05, 0) is 75.1 Å². The van der Waals surface area contributed by atoms with Crippen molar-refractivity contribution in [3.05, 3.63) is 105 Å². The van der Waals surface area contributed by atoms with Gasteiger partial charge in [0.1, 0.15) is 0 Å². The van der Waals surface area contributed by atoms with Crippen LogP contribution < -0.4 is 19.1 Å². The molecule has 1 fully saturated rings. The van der Waals surface area contributed by atoms with Gasteiger partial charge in [-0.3, -0.25) is 19.4 Å². The fourth-order valence-electron chi connectivity index (χ4n) is 7.08. The number of carbonyl (C=O) groups excluding carboxylic acids is 2. The lowest BCUT2D eigenvalue weighted by Crippen LogP contribution is -2.47. The highest BCUT2D eigenvalue weighted by Crippen LogP contribution is 2.41. The van der Waals surface area contributed by atoms with Gasteiger partial charge in [0.15, 0.2) is 11.5 Å². The van der Waals surface area contributed by atoms with E-state index in [0.29, 0.717) is 41.0 Å². The highest BCUT2D eigenvalue weighted by Gasteiger charge is 2.43. The quantitative estimate of drug-likeness (QED) is 0.126. The number of thiophene rings is 1. The first-order chi connectivity index (χ1) is 24.0. The number of amides is 2. The Morgan fingerprint density at radius 1 is 0.840 bits per heavy atom. The summed E-state index contributed by atoms with van der Waals surface area (Å²) in [6.45, 7) is 9.11. The maximum atomic E-state index is 14.4. The average molecular weight is 717 g/mol. The topological polar surface area (TPSA) is 108 Å². The van der Waals surface area contributed by atoms with Crippen LogP contribution in [0.25, 0.3) is 0 Å². The van der Waals surface area contributed by atoms with Gasteiger partial charge in [0.05, 0.1) is 42.0 Å². The van der Waals surface area contributed by atoms with Crippen molar-refractivity contribution < 1.29 is 27.5 Å². The number of hydrogen-bond donors (Lipinski definition) is 1. The number of hydrogen-bond acceptors (Lipinski definition) is 9. The van der Waals surface area contributed by atoms with Gasteiger partial charge in [0.2, 0.25) is 10.0 Å². The highest BCUT2D eigenvalue weighted by molar-refractivity contribution is 7.89. The Morgan fingerprint density at radius 2 is 1.56 bits per heavy atom. The zero-order valence-electron chi connectivity index (χ0n) is 29.1. The molecule has 1 N–H and O–H groups in total. The second kappa shape index (κ2) is 14.9. The molecule has 0 radical (unpaired) electrons. The van der Waals surface area contributed by atoms with Crippen LogP contribution in [0.4, 0.5) is 5.69 Å². The zero-order chi connectivity index (χ0) is 35.6. The fourth-order valence-corrected chi connectivity index (χ4v) is 9.71. The molecule has 0 bridgehead atoms. The van der Waals surface area contributed by atoms with Gasteiger partial charge in [-0.2, -0.15) is 0 Å². The van der Waals surface area contributed by atoms with Gasteiger partial charge in [0.25, 0.3) is 11.8 Å². The lowest BCUT2D eigenvalue weighted by atomic mass is 9.99. The molecule has 0 spiro atoms. The Balaban J connectivity index is 1.24. The Labute approximate surface area is 298 Å². The predicted octanol–water partition coefficient (Wildman–Crippen LogP) is 6.36. The molecular formula is C38H44N4O6S2. The third-order valence-electron chi connectivity index (χ3n) is 9.74. The zero-order valence-corrected chi connectivity index (χ0v) is 30.8. The first-order valence-electron chi connectivity index (χ1n) is 16.9. The molecular weight excluding hydrogens is 673 g/mol. The number of benzene rings is 3. The minimum absolute atomic E-state index is 0.139. The molecule has 0 saturated carbocycles. The Kier molecular flexibility index (Phi) is 10.6. The van der Waals surface area contributed by atoms with E-state index in [1.54, 1.807) is 38.3 Å². The number of imide groups is 1. The summed E-state index contributed by atoms with van der Waals surface area (Å²) in [5.41, 5.74) is 3.51. The summed E-state index contributed by atoms with van der Waals surface area (Å²) in [5.74, 6) is 0.270. The molecule has 1 saturated heterocycles. The van der Waals surface area contributed by atoms with E-state index in [0.717, 1.165) is 41.6 Å². The summed E-state index contributed by atoms with van der Waals surface area (Å²) in [5, 5.41) is 0. The number of ether oxygens (including phenoxy) is 2. The molecule has 2 atom stereocenters. The lowest BCUT2D eigenvalue weighted by molar-refractivity contribution is 0.0572. The predicted molar refractivity (Wildman–Crippen MR) is 196 cm³/mol. The SMILES string of the molecule is COc1ccc([C@@H](CCCNS(=O)(=O)c2cc(C)sc2C)N2C(=O)c3cccc(N4CCN([C@H](C)c5ccccc5)CC4)c3C2=O)cc1OC. The number of rotatable bonds is 13. The van der Waals surface area contributed by atoms with Gasteiger partial charge < -0.3 is 14.4 Å². The largest absolute Gasteiger partial charge is 0.493 e. The molecule has 50 heavy (non-hydrogen) atoms. The monoisotopic (exact) mass is 716 g/mol. The highest BCUT2D eigenvalue weighted by atomic mass is 32.2. The van der Waals surface area contributed by atoms with Crippen LogP contribution in [0.3, 0.4) is 0 Å². The van der Waals surface area contributed by atoms with Crippen molar-refractivity contribution in [2.75, 3.05) is 51.8 Å². The van der Waals surface area contributed by atoms with E-state index in [2.05, 4.69) is 45.7 Å². The van der Waals surface area contributed by atoms with E-state index in [1.807, 2.05) is 31.2 Å². The molecule has 0 aliphatic carbocycles. The second-order valence-corrected chi connectivity index (χ2v) is 15.9. The molecule has 2 aliphatic rings. The van der Waals surface area contributed by atoms with Crippen LogP contribution in [-0.4, -0.2) is 77.0 Å². The van der Waals surface area contributed by atoms with E-state index in [9.17, 15) is 18.0 Å². The van der Waals surface area contributed by atoms with Crippen LogP contribution in [-0.2, 0) is 10.0 Å². The minimum atomic E-state index is -3.71. The molecule has 1 aromatic heterocycles. The number of aryl methyl sites for hydroxylation is 2. The molecule has 3 aromatic carbocycles. The summed E-state index contributed by atoms with van der Waals surface area (Å²) in [6, 6.07) is 22.6. The van der Waals surface area contributed by atoms with Crippen molar-refractivity contribution >= 4 is 38.9 Å². The molecule has 0 unspecified atom stereocenters. The molecule has 2 amide bonds. The van der Waals surface area contributed by atoms with Gasteiger partial charge >= 0.3 is 0 Å². The van der Waals surface area contributed by atoms with Crippen LogP contribution in [0.5, 0.6) is 11.5 Å². The molecule has 10 nitrogen and oxygen atoms in total. The number of methoxy groups -OCH3 is 2. The van der Waals surface area contributed by atoms with Crippen molar-refractivity contribution in [2.45, 2.75) is 50.6 Å². The van der Waals surface area contributed by atoms with Crippen LogP contribution in [0.2, 0.25) is 0 Å². The summed E-state index contributed by atoms with van der Waals surface area (Å²) in [7, 11) is -0.629. The Hall–Kier alpha value is -4.23. The maximum Gasteiger partial charge on any atom is 0.264 e. The average Bonchev–Trinajstić information content (AvgIpc) is 3.62. The Bertz CT molecular complexity index is 1970. The Morgan fingerprint density at radius 3 is 2.22 bits per heavy atom. The lowest BCUT2D eigenvalue weighted by Gasteiger charge is -2.39. The van der Waals surface area contributed by atoms with Crippen LogP contribution >= 0.6 is 11.3 Å². The van der Waals surface area contributed by atoms with Crippen molar-refractivity contribution in [3.63, 3.8) is 0 Å². The second-order valence-electron chi connectivity index (χ2n) is 12.7. The van der Waals surface area contributed by atoms with E-state index in [1.165, 1.54) is 28.9 Å². The van der Waals surface area contributed by atoms with Crippen LogP contribution in [0.15, 0.2) is 77.7 Å². The van der Waals surface area contributed by atoms with Crippen LogP contribution in [0, 0.1) is 13.8 Å². The number of nitrogens with zero attached hydrogens (tertiary/aromatic N) is 3. The van der Waals surface area contributed by atoms with Crippen molar-refractivity contribution in [3.8, 4) is 11.5 Å². The third kappa shape index (κ3) is 7.02. The molecule has 264 valence electrons. The third-order valence-corrected chi connectivity index (χ3v) is 12.4. The first kappa shape index (κ1) is 35.6. The number of fused-ring (bicyclic) bond motifs is 1. The van der Waals surface area contributed by atoms with Crippen molar-refractivity contribution in [1.29, 1.82) is 0 Å². The standard InChI is InChI=1S/C38H44N4O6S2/c1-25-23-35(27(3)49-25)50(45,46)39-18-10-15-31(29-16-17-33(47-4)34(24-29)48-5)42-37(43)30-13-9-14-32(36(30)38(42)44)41-21-19-40(20-22-41)26(2)28-11-7-6-8-12-28/h6-9,11-14,16-17,23-24,26,31,39H,10,15,18-22H2,1-5H3/t26-,31-/m1/s1. The minimum Gasteiger partial charge on any atom is -0.493 e. The summed E-state index contributed by atoms with van der Waals surface area (Å²) in [6.07, 6.45) is 0.707. The van der Waals surface area contributed by atoms with Gasteiger partial charge in [-0.1, -0.05) is 42.5 Å². The maximum absolute atomic E-state index is 14.4. The van der Waals surface area contributed by atoms with E-state index in [4.69, 9.17) is 9.47 Å². The van der Waals surface area contributed by atoms with E-state index in [-0.39, 0.29) is 29.3 Å². The van der Waals surface area contributed by atoms with Crippen LogP contribution in [0.1, 0.15) is 73.4 Å². The van der Waals surface area contributed by atoms with Gasteiger partial charge in [0, 0.05) is 48.5 Å². The molecule has 3 heterocycles. The summed E-state index contributed by atoms with van der Waals surface area (Å²) in [4.78, 5) is 36.5. The number of nitrogens with one attached hydrogen (secondary N) is 1. The summed E-state index contributed by atoms with van der Waals surface area (Å²) >= 11 is 1.44. The van der Waals surface area contributed by atoms with Crippen molar-refractivity contribution in [1.82, 2.24) is 14.5 Å². The van der Waals surface area contributed by atoms with Gasteiger partial charge in [-0.15, -0.1) is 11.3 Å². The molecule has 12 heteroatoms. The molecule has 6 rings (SSSR count). The molecule has 2 aliphatic heterocycles. The summed E-state index contributed by atoms with van der Waals surface area (Å²) < 4.78 is 39.9. The van der Waals surface area contributed by atoms with E-state index >= 15 is 0 Å². The normalized spacial score (nSPS) is 16.4. The number of anilines is 1. The fraction of sp³-hybridized carbons (Fsp3) is 0.368. The van der Waals surface area contributed by atoms with E-state index < -0.39 is 16.1 Å². The first-order valence-corrected chi connectivity index (χ1v) is 19.2. The number of sulfonamides is 1.